The standard InChI is InChI=1S/C10H16O3/c1-7(6-8(11)12)10(3,13)9(2)4-5-9/h6,13H,4-5H2,1-3H3,(H,11,12)/b7-6-. The summed E-state index contributed by atoms with van der Waals surface area (Å²) in [6.07, 6.45) is 3.01. The van der Waals surface area contributed by atoms with Gasteiger partial charge in [-0.25, -0.2) is 4.79 Å². The molecule has 1 rings (SSSR count). The van der Waals surface area contributed by atoms with Gasteiger partial charge in [-0.15, -0.1) is 0 Å². The molecule has 1 aliphatic rings. The van der Waals surface area contributed by atoms with Crippen LogP contribution in [0, 0.1) is 5.41 Å². The van der Waals surface area contributed by atoms with Crippen LogP contribution in [0.15, 0.2) is 11.6 Å². The maximum atomic E-state index is 10.4. The van der Waals surface area contributed by atoms with Crippen LogP contribution in [0.4, 0.5) is 0 Å². The van der Waals surface area contributed by atoms with Crippen LogP contribution in [0.25, 0.3) is 0 Å². The van der Waals surface area contributed by atoms with Crippen LogP contribution in [0.2, 0.25) is 0 Å². The largest absolute Gasteiger partial charge is 0.478 e. The van der Waals surface area contributed by atoms with E-state index >= 15 is 0 Å². The lowest BCUT2D eigenvalue weighted by atomic mass is 9.81. The third kappa shape index (κ3) is 1.75. The molecule has 0 aliphatic heterocycles. The summed E-state index contributed by atoms with van der Waals surface area (Å²) in [5.41, 5.74) is -0.575. The molecule has 0 heterocycles. The van der Waals surface area contributed by atoms with Crippen LogP contribution in [0.1, 0.15) is 33.6 Å². The topological polar surface area (TPSA) is 57.5 Å². The number of hydrogen-bond acceptors (Lipinski definition) is 2. The Morgan fingerprint density at radius 1 is 1.54 bits per heavy atom. The number of carbonyl (C=O) groups is 1. The zero-order valence-electron chi connectivity index (χ0n) is 8.29. The molecule has 0 saturated heterocycles. The van der Waals surface area contributed by atoms with Gasteiger partial charge in [0.2, 0.25) is 0 Å². The number of aliphatic carboxylic acids is 1. The minimum Gasteiger partial charge on any atom is -0.478 e. The van der Waals surface area contributed by atoms with E-state index in [-0.39, 0.29) is 5.41 Å². The third-order valence-corrected chi connectivity index (χ3v) is 3.28. The molecule has 1 saturated carbocycles. The van der Waals surface area contributed by atoms with Gasteiger partial charge in [-0.3, -0.25) is 0 Å². The summed E-state index contributed by atoms with van der Waals surface area (Å²) in [5, 5.41) is 18.6. The highest BCUT2D eigenvalue weighted by atomic mass is 16.4. The molecule has 1 unspecified atom stereocenters. The Balaban J connectivity index is 2.86. The quantitative estimate of drug-likeness (QED) is 0.654. The highest BCUT2D eigenvalue weighted by molar-refractivity contribution is 5.81. The van der Waals surface area contributed by atoms with E-state index in [9.17, 15) is 9.90 Å². The van der Waals surface area contributed by atoms with E-state index in [0.717, 1.165) is 18.9 Å². The monoisotopic (exact) mass is 184 g/mol. The lowest BCUT2D eigenvalue weighted by Crippen LogP contribution is -2.36. The first-order valence-corrected chi connectivity index (χ1v) is 4.44. The highest BCUT2D eigenvalue weighted by Gasteiger charge is 2.53. The highest BCUT2D eigenvalue weighted by Crippen LogP contribution is 2.55. The minimum absolute atomic E-state index is 0.122. The molecular formula is C10H16O3. The van der Waals surface area contributed by atoms with E-state index in [1.807, 2.05) is 6.92 Å². The van der Waals surface area contributed by atoms with E-state index in [4.69, 9.17) is 5.11 Å². The molecule has 0 aromatic carbocycles. The van der Waals surface area contributed by atoms with Crippen LogP contribution in [0.5, 0.6) is 0 Å². The van der Waals surface area contributed by atoms with Crippen molar-refractivity contribution in [1.82, 2.24) is 0 Å². The fraction of sp³-hybridized carbons (Fsp3) is 0.700. The first kappa shape index (κ1) is 10.3. The van der Waals surface area contributed by atoms with Gasteiger partial charge in [-0.2, -0.15) is 0 Å². The van der Waals surface area contributed by atoms with E-state index in [0.29, 0.717) is 5.57 Å². The summed E-state index contributed by atoms with van der Waals surface area (Å²) >= 11 is 0. The van der Waals surface area contributed by atoms with Crippen molar-refractivity contribution in [3.05, 3.63) is 11.6 Å². The molecule has 1 atom stereocenters. The molecular weight excluding hydrogens is 168 g/mol. The molecule has 1 fully saturated rings. The first-order chi connectivity index (χ1) is 5.79. The number of carboxylic acids is 1. The van der Waals surface area contributed by atoms with Gasteiger partial charge in [0.05, 0.1) is 5.60 Å². The van der Waals surface area contributed by atoms with Crippen LogP contribution < -0.4 is 0 Å². The fourth-order valence-electron chi connectivity index (χ4n) is 1.48. The van der Waals surface area contributed by atoms with E-state index in [2.05, 4.69) is 0 Å². The maximum Gasteiger partial charge on any atom is 0.328 e. The van der Waals surface area contributed by atoms with Crippen LogP contribution in [0.3, 0.4) is 0 Å². The molecule has 1 aliphatic carbocycles. The van der Waals surface area contributed by atoms with Crippen molar-refractivity contribution in [3.63, 3.8) is 0 Å². The average molecular weight is 184 g/mol. The van der Waals surface area contributed by atoms with Gasteiger partial charge in [0.1, 0.15) is 0 Å². The Morgan fingerprint density at radius 3 is 2.31 bits per heavy atom. The number of hydrogen-bond donors (Lipinski definition) is 2. The summed E-state index contributed by atoms with van der Waals surface area (Å²) in [5.74, 6) is -0.998. The maximum absolute atomic E-state index is 10.4. The molecule has 74 valence electrons. The van der Waals surface area contributed by atoms with Crippen LogP contribution >= 0.6 is 0 Å². The molecule has 0 aromatic heterocycles. The second kappa shape index (κ2) is 2.84. The lowest BCUT2D eigenvalue weighted by Gasteiger charge is -2.31. The zero-order chi connectivity index (χ0) is 10.3. The van der Waals surface area contributed by atoms with E-state index < -0.39 is 11.6 Å². The van der Waals surface area contributed by atoms with Gasteiger partial charge in [0.15, 0.2) is 0 Å². The van der Waals surface area contributed by atoms with Crippen molar-refractivity contribution >= 4 is 5.97 Å². The van der Waals surface area contributed by atoms with Gasteiger partial charge >= 0.3 is 5.97 Å². The fourth-order valence-corrected chi connectivity index (χ4v) is 1.48. The van der Waals surface area contributed by atoms with Crippen molar-refractivity contribution in [3.8, 4) is 0 Å². The first-order valence-electron chi connectivity index (χ1n) is 4.44. The average Bonchev–Trinajstić information content (AvgIpc) is 2.67. The molecule has 0 spiro atoms. The SMILES string of the molecule is C/C(=C/C(=O)O)C(C)(O)C1(C)CC1. The van der Waals surface area contributed by atoms with Crippen molar-refractivity contribution in [2.75, 3.05) is 0 Å². The predicted octanol–water partition coefficient (Wildman–Crippen LogP) is 1.57. The molecule has 2 N–H and O–H groups in total. The summed E-state index contributed by atoms with van der Waals surface area (Å²) in [6.45, 7) is 5.33. The van der Waals surface area contributed by atoms with E-state index in [1.165, 1.54) is 0 Å². The molecule has 0 amide bonds. The molecule has 0 radical (unpaired) electrons. The lowest BCUT2D eigenvalue weighted by molar-refractivity contribution is -0.131. The normalized spacial score (nSPS) is 25.1. The van der Waals surface area contributed by atoms with Crippen molar-refractivity contribution < 1.29 is 15.0 Å². The summed E-state index contributed by atoms with van der Waals surface area (Å²) in [7, 11) is 0. The third-order valence-electron chi connectivity index (χ3n) is 3.28. The Kier molecular flexibility index (Phi) is 2.24. The minimum atomic E-state index is -0.998. The van der Waals surface area contributed by atoms with Crippen molar-refractivity contribution in [1.29, 1.82) is 0 Å². The van der Waals surface area contributed by atoms with E-state index in [1.54, 1.807) is 13.8 Å². The smallest absolute Gasteiger partial charge is 0.328 e. The van der Waals surface area contributed by atoms with Crippen LogP contribution in [-0.4, -0.2) is 21.8 Å². The number of aliphatic hydroxyl groups is 1. The van der Waals surface area contributed by atoms with Crippen LogP contribution in [-0.2, 0) is 4.79 Å². The zero-order valence-corrected chi connectivity index (χ0v) is 8.29. The Morgan fingerprint density at radius 2 is 2.00 bits per heavy atom. The van der Waals surface area contributed by atoms with Crippen molar-refractivity contribution in [2.24, 2.45) is 5.41 Å². The Labute approximate surface area is 78.1 Å². The molecule has 0 aromatic rings. The van der Waals surface area contributed by atoms with Gasteiger partial charge in [0, 0.05) is 6.08 Å². The molecule has 3 heteroatoms. The van der Waals surface area contributed by atoms with Gasteiger partial charge in [-0.05, 0) is 37.7 Å². The van der Waals surface area contributed by atoms with Gasteiger partial charge in [-0.1, -0.05) is 6.92 Å². The second-order valence-corrected chi connectivity index (χ2v) is 4.30. The Bertz CT molecular complexity index is 259. The summed E-state index contributed by atoms with van der Waals surface area (Å²) in [6, 6.07) is 0. The Hall–Kier alpha value is -0.830. The number of rotatable bonds is 3. The van der Waals surface area contributed by atoms with Gasteiger partial charge in [0.25, 0.3) is 0 Å². The summed E-state index contributed by atoms with van der Waals surface area (Å²) in [4.78, 5) is 10.4. The predicted molar refractivity (Wildman–Crippen MR) is 49.4 cm³/mol. The van der Waals surface area contributed by atoms with Gasteiger partial charge < -0.3 is 10.2 Å². The second-order valence-electron chi connectivity index (χ2n) is 4.30. The molecule has 3 nitrogen and oxygen atoms in total. The summed E-state index contributed by atoms with van der Waals surface area (Å²) < 4.78 is 0. The molecule has 13 heavy (non-hydrogen) atoms. The number of carboxylic acid groups (broad SMARTS) is 1. The van der Waals surface area contributed by atoms with Crippen molar-refractivity contribution in [2.45, 2.75) is 39.2 Å². The molecule has 0 bridgehead atoms.